The Hall–Kier alpha value is -4.08. The number of carbonyl (C=O) groups excluding carboxylic acids is 1. The molecule has 0 fully saturated rings. The highest BCUT2D eigenvalue weighted by Crippen LogP contribution is 2.24. The number of hydrogen-bond donors (Lipinski definition) is 1. The molecule has 0 aliphatic rings. The van der Waals surface area contributed by atoms with Gasteiger partial charge in [0.2, 0.25) is 0 Å². The lowest BCUT2D eigenvalue weighted by Gasteiger charge is -2.10. The number of carbonyl (C=O) groups is 1. The number of nitrogens with one attached hydrogen (secondary N) is 1. The zero-order chi connectivity index (χ0) is 28.8. The standard InChI is InChI=1S/C32H27Br2N3O4/c1-21-6-7-22(2)37(21)26-10-12-27(13-11-26)40-20-29-14-15-31(41-29)32(38)36-35-18-23-4-3-5-28(16-23)39-19-24-8-9-25(33)17-30(24)34/h3-18H,19-20H2,1-2H3,(H,36,38)/b35-18+. The molecule has 208 valence electrons. The Kier molecular flexibility index (Phi) is 9.06. The molecule has 2 aromatic heterocycles. The molecule has 0 spiro atoms. The van der Waals surface area contributed by atoms with Crippen LogP contribution in [0.2, 0.25) is 0 Å². The van der Waals surface area contributed by atoms with Gasteiger partial charge in [-0.05, 0) is 92.2 Å². The molecule has 1 amide bonds. The topological polar surface area (TPSA) is 78.0 Å². The van der Waals surface area contributed by atoms with Gasteiger partial charge in [-0.2, -0.15) is 5.10 Å². The minimum Gasteiger partial charge on any atom is -0.489 e. The molecule has 9 heteroatoms. The van der Waals surface area contributed by atoms with E-state index in [0.717, 1.165) is 25.8 Å². The highest BCUT2D eigenvalue weighted by molar-refractivity contribution is 9.11. The predicted octanol–water partition coefficient (Wildman–Crippen LogP) is 8.13. The van der Waals surface area contributed by atoms with Gasteiger partial charge in [0.15, 0.2) is 5.76 Å². The molecule has 0 radical (unpaired) electrons. The van der Waals surface area contributed by atoms with Gasteiger partial charge < -0.3 is 18.5 Å². The number of hydrazone groups is 1. The minimum absolute atomic E-state index is 0.145. The lowest BCUT2D eigenvalue weighted by atomic mass is 10.2. The molecule has 0 saturated heterocycles. The summed E-state index contributed by atoms with van der Waals surface area (Å²) in [5.74, 6) is 1.62. The van der Waals surface area contributed by atoms with Crippen molar-refractivity contribution in [2.24, 2.45) is 5.10 Å². The molecule has 0 aliphatic carbocycles. The van der Waals surface area contributed by atoms with Gasteiger partial charge in [-0.3, -0.25) is 4.79 Å². The lowest BCUT2D eigenvalue weighted by Crippen LogP contribution is -2.16. The average molecular weight is 677 g/mol. The van der Waals surface area contributed by atoms with Gasteiger partial charge in [0.1, 0.15) is 30.5 Å². The maximum Gasteiger partial charge on any atom is 0.307 e. The van der Waals surface area contributed by atoms with Gasteiger partial charge in [-0.1, -0.05) is 50.1 Å². The first kappa shape index (κ1) is 28.4. The van der Waals surface area contributed by atoms with E-state index in [4.69, 9.17) is 13.9 Å². The number of ether oxygens (including phenoxy) is 2. The van der Waals surface area contributed by atoms with Crippen molar-refractivity contribution in [3.05, 3.63) is 134 Å². The van der Waals surface area contributed by atoms with E-state index in [2.05, 4.69) is 72.9 Å². The van der Waals surface area contributed by atoms with Crippen LogP contribution in [0.5, 0.6) is 11.5 Å². The fourth-order valence-corrected chi connectivity index (χ4v) is 5.37. The molecule has 1 N–H and O–H groups in total. The zero-order valence-electron chi connectivity index (χ0n) is 22.4. The monoisotopic (exact) mass is 675 g/mol. The van der Waals surface area contributed by atoms with Crippen molar-refractivity contribution in [1.29, 1.82) is 0 Å². The molecule has 2 heterocycles. The molecule has 5 rings (SSSR count). The maximum atomic E-state index is 12.5. The Bertz CT molecular complexity index is 1670. The Balaban J connectivity index is 1.11. The van der Waals surface area contributed by atoms with Crippen LogP contribution in [-0.4, -0.2) is 16.7 Å². The van der Waals surface area contributed by atoms with Gasteiger partial charge in [0.25, 0.3) is 0 Å². The lowest BCUT2D eigenvalue weighted by molar-refractivity contribution is 0.0923. The van der Waals surface area contributed by atoms with Crippen LogP contribution in [0.4, 0.5) is 0 Å². The molecule has 0 saturated carbocycles. The molecular weight excluding hydrogens is 650 g/mol. The molecule has 7 nitrogen and oxygen atoms in total. The maximum absolute atomic E-state index is 12.5. The van der Waals surface area contributed by atoms with Gasteiger partial charge in [-0.25, -0.2) is 5.43 Å². The zero-order valence-corrected chi connectivity index (χ0v) is 25.6. The van der Waals surface area contributed by atoms with Gasteiger partial charge in [0.05, 0.1) is 6.21 Å². The molecule has 0 aliphatic heterocycles. The van der Waals surface area contributed by atoms with E-state index in [0.29, 0.717) is 23.9 Å². The first-order chi connectivity index (χ1) is 19.9. The third-order valence-electron chi connectivity index (χ3n) is 6.28. The van der Waals surface area contributed by atoms with Crippen LogP contribution in [0.25, 0.3) is 5.69 Å². The number of halogens is 2. The Morgan fingerprint density at radius 1 is 0.878 bits per heavy atom. The Morgan fingerprint density at radius 2 is 1.63 bits per heavy atom. The normalized spacial score (nSPS) is 11.1. The van der Waals surface area contributed by atoms with Crippen LogP contribution in [0.3, 0.4) is 0 Å². The van der Waals surface area contributed by atoms with Crippen molar-refractivity contribution in [3.8, 4) is 17.2 Å². The second-order valence-corrected chi connectivity index (χ2v) is 11.1. The second kappa shape index (κ2) is 13.1. The van der Waals surface area contributed by atoms with Crippen molar-refractivity contribution < 1.29 is 18.7 Å². The SMILES string of the molecule is Cc1ccc(C)n1-c1ccc(OCc2ccc(C(=O)N/N=C/c3cccc(OCc4ccc(Br)cc4Br)c3)o2)cc1. The molecule has 0 atom stereocenters. The van der Waals surface area contributed by atoms with E-state index in [-0.39, 0.29) is 12.4 Å². The number of hydrogen-bond acceptors (Lipinski definition) is 5. The number of aryl methyl sites for hydroxylation is 2. The summed E-state index contributed by atoms with van der Waals surface area (Å²) in [6, 6.07) is 28.7. The molecular formula is C32H27Br2N3O4. The highest BCUT2D eigenvalue weighted by atomic mass is 79.9. The van der Waals surface area contributed by atoms with Crippen molar-refractivity contribution in [1.82, 2.24) is 9.99 Å². The van der Waals surface area contributed by atoms with Crippen molar-refractivity contribution in [2.75, 3.05) is 0 Å². The van der Waals surface area contributed by atoms with Crippen LogP contribution in [0.1, 0.15) is 38.8 Å². The van der Waals surface area contributed by atoms with E-state index in [9.17, 15) is 4.79 Å². The van der Waals surface area contributed by atoms with Crippen LogP contribution < -0.4 is 14.9 Å². The molecule has 5 aromatic rings. The largest absolute Gasteiger partial charge is 0.489 e. The Labute approximate surface area is 255 Å². The first-order valence-corrected chi connectivity index (χ1v) is 14.4. The fraction of sp³-hybridized carbons (Fsp3) is 0.125. The summed E-state index contributed by atoms with van der Waals surface area (Å²) in [4.78, 5) is 12.5. The van der Waals surface area contributed by atoms with E-state index >= 15 is 0 Å². The molecule has 0 bridgehead atoms. The van der Waals surface area contributed by atoms with Crippen molar-refractivity contribution in [2.45, 2.75) is 27.1 Å². The summed E-state index contributed by atoms with van der Waals surface area (Å²) in [5, 5.41) is 4.06. The number of aromatic nitrogens is 1. The average Bonchev–Trinajstić information content (AvgIpc) is 3.58. The Morgan fingerprint density at radius 3 is 2.39 bits per heavy atom. The molecule has 3 aromatic carbocycles. The van der Waals surface area contributed by atoms with E-state index in [1.54, 1.807) is 18.3 Å². The van der Waals surface area contributed by atoms with Crippen LogP contribution >= 0.6 is 31.9 Å². The summed E-state index contributed by atoms with van der Waals surface area (Å²) in [5.41, 5.74) is 7.71. The van der Waals surface area contributed by atoms with Crippen LogP contribution in [0.15, 0.2) is 109 Å². The summed E-state index contributed by atoms with van der Waals surface area (Å²) < 4.78 is 21.6. The van der Waals surface area contributed by atoms with Gasteiger partial charge in [0, 0.05) is 31.6 Å². The third-order valence-corrected chi connectivity index (χ3v) is 7.51. The minimum atomic E-state index is -0.457. The van der Waals surface area contributed by atoms with E-state index < -0.39 is 5.91 Å². The van der Waals surface area contributed by atoms with Gasteiger partial charge in [-0.15, -0.1) is 0 Å². The number of rotatable bonds is 10. The summed E-state index contributed by atoms with van der Waals surface area (Å²) >= 11 is 7.00. The number of benzene rings is 3. The summed E-state index contributed by atoms with van der Waals surface area (Å²) in [7, 11) is 0. The highest BCUT2D eigenvalue weighted by Gasteiger charge is 2.11. The first-order valence-electron chi connectivity index (χ1n) is 12.8. The smallest absolute Gasteiger partial charge is 0.307 e. The summed E-state index contributed by atoms with van der Waals surface area (Å²) in [6.45, 7) is 4.76. The third kappa shape index (κ3) is 7.36. The summed E-state index contributed by atoms with van der Waals surface area (Å²) in [6.07, 6.45) is 1.55. The van der Waals surface area contributed by atoms with Crippen LogP contribution in [0, 0.1) is 13.8 Å². The number of nitrogens with zero attached hydrogens (tertiary/aromatic N) is 2. The molecule has 0 unspecified atom stereocenters. The van der Waals surface area contributed by atoms with Crippen LogP contribution in [-0.2, 0) is 13.2 Å². The number of amides is 1. The van der Waals surface area contributed by atoms with Crippen molar-refractivity contribution >= 4 is 44.0 Å². The quantitative estimate of drug-likeness (QED) is 0.120. The fourth-order valence-electron chi connectivity index (χ4n) is 4.20. The second-order valence-electron chi connectivity index (χ2n) is 9.30. The van der Waals surface area contributed by atoms with Gasteiger partial charge >= 0.3 is 5.91 Å². The van der Waals surface area contributed by atoms with E-state index in [1.807, 2.05) is 66.7 Å². The predicted molar refractivity (Wildman–Crippen MR) is 166 cm³/mol. The van der Waals surface area contributed by atoms with E-state index in [1.165, 1.54) is 11.4 Å². The van der Waals surface area contributed by atoms with Crippen molar-refractivity contribution in [3.63, 3.8) is 0 Å². The number of furan rings is 1. The molecule has 41 heavy (non-hydrogen) atoms.